The van der Waals surface area contributed by atoms with Crippen LogP contribution < -0.4 is 5.32 Å². The van der Waals surface area contributed by atoms with Crippen molar-refractivity contribution in [3.8, 4) is 11.3 Å². The highest BCUT2D eigenvalue weighted by atomic mass is 32.1. The van der Waals surface area contributed by atoms with E-state index in [9.17, 15) is 4.79 Å². The van der Waals surface area contributed by atoms with Crippen molar-refractivity contribution >= 4 is 22.4 Å². The maximum atomic E-state index is 12.1. The first kappa shape index (κ1) is 15.4. The minimum absolute atomic E-state index is 0.253. The van der Waals surface area contributed by atoms with Crippen LogP contribution >= 0.6 is 11.3 Å². The number of amides is 1. The molecule has 5 nitrogen and oxygen atoms in total. The second-order valence-electron chi connectivity index (χ2n) is 5.52. The summed E-state index contributed by atoms with van der Waals surface area (Å²) in [4.78, 5) is 17.8. The first-order valence-corrected chi connectivity index (χ1v) is 8.05. The number of carbonyl (C=O) groups excluding carboxylic acids is 1. The SMILES string of the molecule is Cc1ccc(-c2nc(NC(=O)c3cc(C)on3)sc2C)c(C)c1. The van der Waals surface area contributed by atoms with Gasteiger partial charge in [-0.1, -0.05) is 28.9 Å². The van der Waals surface area contributed by atoms with Crippen LogP contribution in [0.3, 0.4) is 0 Å². The Morgan fingerprint density at radius 3 is 2.61 bits per heavy atom. The number of hydrogen-bond donors (Lipinski definition) is 1. The van der Waals surface area contributed by atoms with E-state index in [0.717, 1.165) is 16.1 Å². The zero-order valence-electron chi connectivity index (χ0n) is 13.4. The van der Waals surface area contributed by atoms with E-state index in [1.54, 1.807) is 13.0 Å². The lowest BCUT2D eigenvalue weighted by Gasteiger charge is -2.05. The fourth-order valence-corrected chi connectivity index (χ4v) is 3.24. The number of thiazole rings is 1. The van der Waals surface area contributed by atoms with E-state index in [2.05, 4.69) is 47.5 Å². The largest absolute Gasteiger partial charge is 0.361 e. The highest BCUT2D eigenvalue weighted by molar-refractivity contribution is 7.16. The number of anilines is 1. The molecule has 6 heteroatoms. The lowest BCUT2D eigenvalue weighted by atomic mass is 10.0. The molecule has 0 saturated carbocycles. The zero-order chi connectivity index (χ0) is 16.6. The number of rotatable bonds is 3. The molecule has 0 radical (unpaired) electrons. The molecule has 0 aliphatic rings. The molecule has 1 amide bonds. The van der Waals surface area contributed by atoms with Gasteiger partial charge >= 0.3 is 0 Å². The third-order valence-corrected chi connectivity index (χ3v) is 4.40. The highest BCUT2D eigenvalue weighted by Crippen LogP contribution is 2.32. The summed E-state index contributed by atoms with van der Waals surface area (Å²) in [5.74, 6) is 0.282. The van der Waals surface area contributed by atoms with Crippen molar-refractivity contribution in [1.82, 2.24) is 10.1 Å². The van der Waals surface area contributed by atoms with Gasteiger partial charge in [0, 0.05) is 16.5 Å². The second kappa shape index (κ2) is 5.96. The van der Waals surface area contributed by atoms with Crippen LogP contribution in [0.25, 0.3) is 11.3 Å². The molecule has 3 rings (SSSR count). The molecule has 0 atom stereocenters. The molecule has 118 valence electrons. The monoisotopic (exact) mass is 327 g/mol. The van der Waals surface area contributed by atoms with Crippen molar-refractivity contribution in [2.45, 2.75) is 27.7 Å². The molecule has 0 saturated heterocycles. The molecule has 1 aromatic carbocycles. The van der Waals surface area contributed by atoms with Crippen molar-refractivity contribution in [2.75, 3.05) is 5.32 Å². The van der Waals surface area contributed by atoms with Crippen LogP contribution in [0.4, 0.5) is 5.13 Å². The topological polar surface area (TPSA) is 68.0 Å². The fraction of sp³-hybridized carbons (Fsp3) is 0.235. The molecule has 1 N–H and O–H groups in total. The van der Waals surface area contributed by atoms with Gasteiger partial charge in [0.2, 0.25) is 0 Å². The summed E-state index contributed by atoms with van der Waals surface area (Å²) in [6.45, 7) is 7.88. The van der Waals surface area contributed by atoms with Gasteiger partial charge in [-0.3, -0.25) is 10.1 Å². The van der Waals surface area contributed by atoms with Gasteiger partial charge in [0.05, 0.1) is 5.69 Å². The van der Waals surface area contributed by atoms with Gasteiger partial charge in [-0.25, -0.2) is 4.98 Å². The molecule has 0 aliphatic heterocycles. The molecule has 23 heavy (non-hydrogen) atoms. The predicted octanol–water partition coefficient (Wildman–Crippen LogP) is 4.28. The van der Waals surface area contributed by atoms with E-state index in [0.29, 0.717) is 10.9 Å². The van der Waals surface area contributed by atoms with Gasteiger partial charge < -0.3 is 4.52 Å². The molecule has 2 heterocycles. The number of carbonyl (C=O) groups is 1. The molecule has 0 aliphatic carbocycles. The van der Waals surface area contributed by atoms with Crippen LogP contribution in [0.15, 0.2) is 28.8 Å². The number of aromatic nitrogens is 2. The van der Waals surface area contributed by atoms with E-state index in [1.165, 1.54) is 22.5 Å². The zero-order valence-corrected chi connectivity index (χ0v) is 14.2. The Morgan fingerprint density at radius 2 is 1.96 bits per heavy atom. The van der Waals surface area contributed by atoms with Crippen LogP contribution in [0.1, 0.15) is 32.3 Å². The molecule has 0 spiro atoms. The molecular formula is C17H17N3O2S. The van der Waals surface area contributed by atoms with E-state index < -0.39 is 0 Å². The molecule has 0 bridgehead atoms. The lowest BCUT2D eigenvalue weighted by molar-refractivity contribution is 0.101. The van der Waals surface area contributed by atoms with Crippen LogP contribution in [0, 0.1) is 27.7 Å². The Hall–Kier alpha value is -2.47. The summed E-state index contributed by atoms with van der Waals surface area (Å²) in [5.41, 5.74) is 4.63. The predicted molar refractivity (Wildman–Crippen MR) is 91.0 cm³/mol. The Bertz CT molecular complexity index is 880. The summed E-state index contributed by atoms with van der Waals surface area (Å²) in [7, 11) is 0. The fourth-order valence-electron chi connectivity index (χ4n) is 2.41. The van der Waals surface area contributed by atoms with E-state index in [-0.39, 0.29) is 11.6 Å². The van der Waals surface area contributed by atoms with E-state index >= 15 is 0 Å². The highest BCUT2D eigenvalue weighted by Gasteiger charge is 2.16. The molecule has 0 unspecified atom stereocenters. The number of hydrogen-bond acceptors (Lipinski definition) is 5. The Morgan fingerprint density at radius 1 is 1.17 bits per heavy atom. The summed E-state index contributed by atoms with van der Waals surface area (Å²) in [6.07, 6.45) is 0. The number of nitrogens with one attached hydrogen (secondary N) is 1. The van der Waals surface area contributed by atoms with Crippen molar-refractivity contribution in [2.24, 2.45) is 0 Å². The number of aryl methyl sites for hydroxylation is 4. The van der Waals surface area contributed by atoms with Crippen molar-refractivity contribution in [3.63, 3.8) is 0 Å². The van der Waals surface area contributed by atoms with Gasteiger partial charge in [-0.05, 0) is 33.3 Å². The second-order valence-corrected chi connectivity index (χ2v) is 6.72. The van der Waals surface area contributed by atoms with E-state index in [1.807, 2.05) is 6.92 Å². The maximum Gasteiger partial charge on any atom is 0.279 e. The van der Waals surface area contributed by atoms with Gasteiger partial charge in [0.25, 0.3) is 5.91 Å². The maximum absolute atomic E-state index is 12.1. The normalized spacial score (nSPS) is 10.8. The van der Waals surface area contributed by atoms with E-state index in [4.69, 9.17) is 4.52 Å². The Kier molecular flexibility index (Phi) is 4.00. The quantitative estimate of drug-likeness (QED) is 0.779. The molecule has 0 fully saturated rings. The molecular weight excluding hydrogens is 310 g/mol. The molecule has 2 aromatic heterocycles. The molecule has 3 aromatic rings. The van der Waals surface area contributed by atoms with Gasteiger partial charge in [-0.15, -0.1) is 11.3 Å². The van der Waals surface area contributed by atoms with Crippen LogP contribution in [0.5, 0.6) is 0 Å². The van der Waals surface area contributed by atoms with Gasteiger partial charge in [0.1, 0.15) is 5.76 Å². The van der Waals surface area contributed by atoms with Crippen molar-refractivity contribution in [1.29, 1.82) is 0 Å². The average Bonchev–Trinajstić information content (AvgIpc) is 3.05. The Balaban J connectivity index is 1.87. The lowest BCUT2D eigenvalue weighted by Crippen LogP contribution is -2.11. The smallest absolute Gasteiger partial charge is 0.279 e. The summed E-state index contributed by atoms with van der Waals surface area (Å²) in [6, 6.07) is 7.86. The number of nitrogens with zero attached hydrogens (tertiary/aromatic N) is 2. The third-order valence-electron chi connectivity index (χ3n) is 3.51. The van der Waals surface area contributed by atoms with Crippen molar-refractivity contribution < 1.29 is 9.32 Å². The van der Waals surface area contributed by atoms with Gasteiger partial charge in [0.15, 0.2) is 10.8 Å². The van der Waals surface area contributed by atoms with Crippen molar-refractivity contribution in [3.05, 3.63) is 51.7 Å². The standard InChI is InChI=1S/C17H17N3O2S/c1-9-5-6-13(10(2)7-9)15-12(4)23-17(18-15)19-16(21)14-8-11(3)22-20-14/h5-8H,1-4H3,(H,18,19,21). The summed E-state index contributed by atoms with van der Waals surface area (Å²) in [5, 5.41) is 7.05. The van der Waals surface area contributed by atoms with Crippen LogP contribution in [0.2, 0.25) is 0 Å². The minimum atomic E-state index is -0.317. The first-order chi connectivity index (χ1) is 10.9. The van der Waals surface area contributed by atoms with Crippen LogP contribution in [-0.2, 0) is 0 Å². The minimum Gasteiger partial charge on any atom is -0.361 e. The van der Waals surface area contributed by atoms with Crippen LogP contribution in [-0.4, -0.2) is 16.0 Å². The average molecular weight is 327 g/mol. The first-order valence-electron chi connectivity index (χ1n) is 7.24. The third kappa shape index (κ3) is 3.17. The number of benzene rings is 1. The summed E-state index contributed by atoms with van der Waals surface area (Å²) >= 11 is 1.45. The Labute approximate surface area is 138 Å². The van der Waals surface area contributed by atoms with Gasteiger partial charge in [-0.2, -0.15) is 0 Å². The summed E-state index contributed by atoms with van der Waals surface area (Å²) < 4.78 is 4.92.